The first kappa shape index (κ1) is 13.6. The molecule has 2 rings (SSSR count). The van der Waals surface area contributed by atoms with E-state index in [4.69, 9.17) is 4.74 Å². The largest absolute Gasteiger partial charge is 0.466 e. The highest BCUT2D eigenvalue weighted by Crippen LogP contribution is 2.26. The first-order chi connectivity index (χ1) is 9.26. The molecule has 0 N–H and O–H groups in total. The summed E-state index contributed by atoms with van der Waals surface area (Å²) in [5.74, 6) is -0.218. The van der Waals surface area contributed by atoms with E-state index in [1.54, 1.807) is 6.07 Å². The van der Waals surface area contributed by atoms with Gasteiger partial charge in [0.2, 0.25) is 0 Å². The van der Waals surface area contributed by atoms with Crippen LogP contribution in [0.25, 0.3) is 0 Å². The third kappa shape index (κ3) is 3.13. The number of hydrogen-bond acceptors (Lipinski definition) is 4. The molecule has 1 fully saturated rings. The molecule has 1 saturated heterocycles. The molecule has 0 aromatic heterocycles. The van der Waals surface area contributed by atoms with Crippen LogP contribution < -0.4 is 4.90 Å². The molecule has 1 aliphatic rings. The van der Waals surface area contributed by atoms with Crippen molar-refractivity contribution in [2.45, 2.75) is 19.8 Å². The fourth-order valence-electron chi connectivity index (χ4n) is 2.52. The lowest BCUT2D eigenvalue weighted by Gasteiger charge is -2.33. The standard InChI is InChI=1S/C15H19NO3/c1-2-19-15(18)12-7-5-9-16(10-12)14-8-4-3-6-13(14)11-17/h3-4,6,8,11-12H,2,5,7,9-10H2,1H3/t12-/m1/s1. The molecule has 0 radical (unpaired) electrons. The van der Waals surface area contributed by atoms with E-state index in [0.717, 1.165) is 31.4 Å². The highest BCUT2D eigenvalue weighted by molar-refractivity contribution is 5.85. The number of esters is 1. The van der Waals surface area contributed by atoms with Gasteiger partial charge in [-0.2, -0.15) is 0 Å². The SMILES string of the molecule is CCOC(=O)[C@@H]1CCCN(c2ccccc2C=O)C1. The van der Waals surface area contributed by atoms with Crippen LogP contribution in [0, 0.1) is 5.92 Å². The van der Waals surface area contributed by atoms with Crippen molar-refractivity contribution in [2.75, 3.05) is 24.6 Å². The number of nitrogens with zero attached hydrogens (tertiary/aromatic N) is 1. The average Bonchev–Trinajstić information content (AvgIpc) is 2.47. The van der Waals surface area contributed by atoms with E-state index >= 15 is 0 Å². The summed E-state index contributed by atoms with van der Waals surface area (Å²) < 4.78 is 5.09. The van der Waals surface area contributed by atoms with Crippen molar-refractivity contribution in [3.8, 4) is 0 Å². The van der Waals surface area contributed by atoms with Gasteiger partial charge in [-0.1, -0.05) is 12.1 Å². The van der Waals surface area contributed by atoms with E-state index in [9.17, 15) is 9.59 Å². The Bertz CT molecular complexity index is 458. The molecule has 0 spiro atoms. The van der Waals surface area contributed by atoms with Crippen LogP contribution in [0.15, 0.2) is 24.3 Å². The van der Waals surface area contributed by atoms with Crippen LogP contribution in [0.3, 0.4) is 0 Å². The Kier molecular flexibility index (Phi) is 4.55. The van der Waals surface area contributed by atoms with Gasteiger partial charge >= 0.3 is 5.97 Å². The third-order valence-corrected chi connectivity index (χ3v) is 3.45. The number of para-hydroxylation sites is 1. The quantitative estimate of drug-likeness (QED) is 0.616. The van der Waals surface area contributed by atoms with Gasteiger partial charge in [-0.3, -0.25) is 9.59 Å². The molecule has 1 heterocycles. The lowest BCUT2D eigenvalue weighted by molar-refractivity contribution is -0.148. The Morgan fingerprint density at radius 3 is 3.00 bits per heavy atom. The minimum absolute atomic E-state index is 0.0894. The molecule has 4 nitrogen and oxygen atoms in total. The first-order valence-electron chi connectivity index (χ1n) is 6.72. The highest BCUT2D eigenvalue weighted by Gasteiger charge is 2.27. The molecule has 1 aromatic rings. The van der Waals surface area contributed by atoms with Crippen LogP contribution in [-0.2, 0) is 9.53 Å². The van der Waals surface area contributed by atoms with Gasteiger partial charge in [0.15, 0.2) is 6.29 Å². The number of hydrogen-bond donors (Lipinski definition) is 0. The minimum atomic E-state index is -0.129. The van der Waals surface area contributed by atoms with E-state index in [1.165, 1.54) is 0 Å². The number of carbonyl (C=O) groups excluding carboxylic acids is 2. The number of ether oxygens (including phenoxy) is 1. The Morgan fingerprint density at radius 1 is 1.47 bits per heavy atom. The van der Waals surface area contributed by atoms with Crippen LogP contribution in [0.5, 0.6) is 0 Å². The van der Waals surface area contributed by atoms with Crippen molar-refractivity contribution >= 4 is 17.9 Å². The maximum atomic E-state index is 11.8. The first-order valence-corrected chi connectivity index (χ1v) is 6.72. The monoisotopic (exact) mass is 261 g/mol. The molecule has 0 unspecified atom stereocenters. The Labute approximate surface area is 113 Å². The van der Waals surface area contributed by atoms with Crippen LogP contribution >= 0.6 is 0 Å². The highest BCUT2D eigenvalue weighted by atomic mass is 16.5. The van der Waals surface area contributed by atoms with Gasteiger partial charge in [-0.05, 0) is 31.9 Å². The van der Waals surface area contributed by atoms with E-state index in [-0.39, 0.29) is 11.9 Å². The summed E-state index contributed by atoms with van der Waals surface area (Å²) in [6.07, 6.45) is 2.67. The van der Waals surface area contributed by atoms with Crippen molar-refractivity contribution < 1.29 is 14.3 Å². The number of piperidine rings is 1. The topological polar surface area (TPSA) is 46.6 Å². The summed E-state index contributed by atoms with van der Waals surface area (Å²) in [5.41, 5.74) is 1.58. The van der Waals surface area contributed by atoms with E-state index < -0.39 is 0 Å². The third-order valence-electron chi connectivity index (χ3n) is 3.45. The summed E-state index contributed by atoms with van der Waals surface area (Å²) in [4.78, 5) is 25.0. The maximum absolute atomic E-state index is 11.8. The number of anilines is 1. The lowest BCUT2D eigenvalue weighted by atomic mass is 9.97. The van der Waals surface area contributed by atoms with Gasteiger partial charge < -0.3 is 9.64 Å². The predicted octanol–water partition coefficient (Wildman–Crippen LogP) is 2.28. The maximum Gasteiger partial charge on any atom is 0.310 e. The lowest BCUT2D eigenvalue weighted by Crippen LogP contribution is -2.39. The second-order valence-electron chi connectivity index (χ2n) is 4.71. The zero-order valence-electron chi connectivity index (χ0n) is 11.2. The summed E-state index contributed by atoms with van der Waals surface area (Å²) in [5, 5.41) is 0. The normalized spacial score (nSPS) is 19.0. The van der Waals surface area contributed by atoms with Crippen LogP contribution in [-0.4, -0.2) is 32.0 Å². The molecule has 0 aliphatic carbocycles. The van der Waals surface area contributed by atoms with Crippen molar-refractivity contribution in [1.82, 2.24) is 0 Å². The van der Waals surface area contributed by atoms with E-state index in [1.807, 2.05) is 25.1 Å². The molecule has 102 valence electrons. The Hall–Kier alpha value is -1.84. The molecule has 4 heteroatoms. The molecule has 1 aromatic carbocycles. The van der Waals surface area contributed by atoms with Gasteiger partial charge in [0, 0.05) is 24.3 Å². The molecule has 1 aliphatic heterocycles. The Morgan fingerprint density at radius 2 is 2.26 bits per heavy atom. The number of rotatable bonds is 4. The summed E-state index contributed by atoms with van der Waals surface area (Å²) >= 11 is 0. The Balaban J connectivity index is 2.12. The average molecular weight is 261 g/mol. The fraction of sp³-hybridized carbons (Fsp3) is 0.467. The van der Waals surface area contributed by atoms with Crippen LogP contribution in [0.4, 0.5) is 5.69 Å². The minimum Gasteiger partial charge on any atom is -0.466 e. The van der Waals surface area contributed by atoms with Crippen molar-refractivity contribution in [1.29, 1.82) is 0 Å². The van der Waals surface area contributed by atoms with Gasteiger partial charge in [0.1, 0.15) is 0 Å². The zero-order chi connectivity index (χ0) is 13.7. The van der Waals surface area contributed by atoms with Gasteiger partial charge in [-0.25, -0.2) is 0 Å². The zero-order valence-corrected chi connectivity index (χ0v) is 11.2. The molecule has 1 atom stereocenters. The van der Waals surface area contributed by atoms with Gasteiger partial charge in [-0.15, -0.1) is 0 Å². The predicted molar refractivity (Wildman–Crippen MR) is 73.4 cm³/mol. The number of carbonyl (C=O) groups is 2. The summed E-state index contributed by atoms with van der Waals surface area (Å²) in [6.45, 7) is 3.74. The number of benzene rings is 1. The molecule has 0 saturated carbocycles. The van der Waals surface area contributed by atoms with E-state index in [0.29, 0.717) is 18.7 Å². The molecular formula is C15H19NO3. The van der Waals surface area contributed by atoms with Crippen LogP contribution in [0.2, 0.25) is 0 Å². The van der Waals surface area contributed by atoms with Crippen molar-refractivity contribution in [3.05, 3.63) is 29.8 Å². The molecule has 19 heavy (non-hydrogen) atoms. The number of aldehydes is 1. The summed E-state index contributed by atoms with van der Waals surface area (Å²) in [6, 6.07) is 7.49. The van der Waals surface area contributed by atoms with E-state index in [2.05, 4.69) is 4.90 Å². The summed E-state index contributed by atoms with van der Waals surface area (Å²) in [7, 11) is 0. The fourth-order valence-corrected chi connectivity index (χ4v) is 2.52. The van der Waals surface area contributed by atoms with Crippen molar-refractivity contribution in [2.24, 2.45) is 5.92 Å². The van der Waals surface area contributed by atoms with Crippen LogP contribution in [0.1, 0.15) is 30.1 Å². The molecule has 0 bridgehead atoms. The molecular weight excluding hydrogens is 242 g/mol. The van der Waals surface area contributed by atoms with Crippen molar-refractivity contribution in [3.63, 3.8) is 0 Å². The van der Waals surface area contributed by atoms with Gasteiger partial charge in [0.05, 0.1) is 12.5 Å². The smallest absolute Gasteiger partial charge is 0.310 e. The molecule has 0 amide bonds. The second kappa shape index (κ2) is 6.36. The second-order valence-corrected chi connectivity index (χ2v) is 4.71. The van der Waals surface area contributed by atoms with Gasteiger partial charge in [0.25, 0.3) is 0 Å².